The Morgan fingerprint density at radius 2 is 2.08 bits per heavy atom. The molecule has 1 aromatic rings. The number of carbonyl (C=O) groups is 2. The van der Waals surface area contributed by atoms with Crippen molar-refractivity contribution in [3.05, 3.63) is 28.7 Å². The van der Waals surface area contributed by atoms with Crippen LogP contribution in [-0.2, 0) is 9.59 Å². The second kappa shape index (κ2) is 4.18. The van der Waals surface area contributed by atoms with Gasteiger partial charge >= 0.3 is 0 Å². The summed E-state index contributed by atoms with van der Waals surface area (Å²) in [6.45, 7) is 1.23. The van der Waals surface area contributed by atoms with Crippen LogP contribution in [-0.4, -0.2) is 11.7 Å². The highest BCUT2D eigenvalue weighted by atomic mass is 79.9. The highest BCUT2D eigenvalue weighted by Crippen LogP contribution is 2.15. The van der Waals surface area contributed by atoms with Crippen LogP contribution < -0.4 is 5.32 Å². The van der Waals surface area contributed by atoms with Crippen LogP contribution in [0, 0.1) is 0 Å². The van der Waals surface area contributed by atoms with Crippen LogP contribution in [0.15, 0.2) is 28.7 Å². The number of halogens is 1. The average Bonchev–Trinajstić information content (AvgIpc) is 2.04. The summed E-state index contributed by atoms with van der Waals surface area (Å²) < 4.78 is 0.855. The quantitative estimate of drug-likeness (QED) is 0.806. The molecule has 0 fully saturated rings. The molecule has 0 aliphatic rings. The van der Waals surface area contributed by atoms with Gasteiger partial charge in [-0.1, -0.05) is 22.0 Å². The molecule has 0 unspecified atom stereocenters. The molecule has 1 rings (SSSR count). The zero-order chi connectivity index (χ0) is 9.84. The van der Waals surface area contributed by atoms with Gasteiger partial charge in [0.15, 0.2) is 0 Å². The average molecular weight is 242 g/mol. The first-order chi connectivity index (χ1) is 6.09. The molecule has 0 bridgehead atoms. The Balaban J connectivity index is 2.75. The van der Waals surface area contributed by atoms with Crippen LogP contribution in [0.5, 0.6) is 0 Å². The maximum atomic E-state index is 10.9. The Hall–Kier alpha value is -1.16. The highest BCUT2D eigenvalue weighted by molar-refractivity contribution is 9.10. The van der Waals surface area contributed by atoms with Gasteiger partial charge in [0.2, 0.25) is 5.78 Å². The lowest BCUT2D eigenvalue weighted by Crippen LogP contribution is -2.19. The van der Waals surface area contributed by atoms with E-state index in [1.807, 2.05) is 6.07 Å². The second-order valence-electron chi connectivity index (χ2n) is 2.52. The van der Waals surface area contributed by atoms with Gasteiger partial charge < -0.3 is 5.32 Å². The number of carbonyl (C=O) groups excluding carboxylic acids is 2. The van der Waals surface area contributed by atoms with E-state index in [0.29, 0.717) is 5.69 Å². The lowest BCUT2D eigenvalue weighted by Gasteiger charge is -2.01. The molecule has 0 aliphatic heterocycles. The minimum absolute atomic E-state index is 0.500. The third kappa shape index (κ3) is 2.99. The first-order valence-electron chi connectivity index (χ1n) is 3.67. The van der Waals surface area contributed by atoms with Crippen LogP contribution in [0.1, 0.15) is 6.92 Å². The number of nitrogens with one attached hydrogen (secondary N) is 1. The van der Waals surface area contributed by atoms with E-state index in [1.165, 1.54) is 6.92 Å². The zero-order valence-electron chi connectivity index (χ0n) is 7.00. The number of hydrogen-bond acceptors (Lipinski definition) is 2. The molecule has 0 heterocycles. The standard InChI is InChI=1S/C9H8BrNO2/c1-6(12)9(13)11-8-4-2-3-7(10)5-8/h2-5H,1H3,(H,11,13). The topological polar surface area (TPSA) is 46.2 Å². The Kier molecular flexibility index (Phi) is 3.19. The van der Waals surface area contributed by atoms with E-state index in [-0.39, 0.29) is 0 Å². The predicted octanol–water partition coefficient (Wildman–Crippen LogP) is 1.98. The zero-order valence-corrected chi connectivity index (χ0v) is 8.59. The van der Waals surface area contributed by atoms with Crippen LogP contribution in [0.3, 0.4) is 0 Å². The third-order valence-corrected chi connectivity index (χ3v) is 1.90. The molecular weight excluding hydrogens is 234 g/mol. The van der Waals surface area contributed by atoms with E-state index in [0.717, 1.165) is 4.47 Å². The third-order valence-electron chi connectivity index (χ3n) is 1.40. The molecule has 0 radical (unpaired) electrons. The molecule has 1 aromatic carbocycles. The minimum atomic E-state index is -0.599. The number of rotatable bonds is 2. The highest BCUT2D eigenvalue weighted by Gasteiger charge is 2.06. The summed E-state index contributed by atoms with van der Waals surface area (Å²) in [4.78, 5) is 21.6. The van der Waals surface area contributed by atoms with E-state index in [1.54, 1.807) is 18.2 Å². The molecule has 13 heavy (non-hydrogen) atoms. The molecule has 0 aliphatic carbocycles. The van der Waals surface area contributed by atoms with Crippen LogP contribution in [0.4, 0.5) is 5.69 Å². The van der Waals surface area contributed by atoms with Gasteiger partial charge in [-0.25, -0.2) is 0 Å². The number of anilines is 1. The number of amides is 1. The molecule has 3 nitrogen and oxygen atoms in total. The van der Waals surface area contributed by atoms with Crippen molar-refractivity contribution in [2.45, 2.75) is 6.92 Å². The molecule has 1 N–H and O–H groups in total. The molecule has 0 atom stereocenters. The van der Waals surface area contributed by atoms with Gasteiger partial charge in [-0.3, -0.25) is 9.59 Å². The summed E-state index contributed by atoms with van der Waals surface area (Å²) in [5.41, 5.74) is 0.606. The molecule has 0 saturated carbocycles. The summed E-state index contributed by atoms with van der Waals surface area (Å²) in [7, 11) is 0. The maximum Gasteiger partial charge on any atom is 0.291 e. The van der Waals surface area contributed by atoms with Crippen molar-refractivity contribution in [1.82, 2.24) is 0 Å². The van der Waals surface area contributed by atoms with Gasteiger partial charge in [0.25, 0.3) is 5.91 Å². The second-order valence-corrected chi connectivity index (χ2v) is 3.44. The number of benzene rings is 1. The molecule has 4 heteroatoms. The van der Waals surface area contributed by atoms with E-state index < -0.39 is 11.7 Å². The minimum Gasteiger partial charge on any atom is -0.319 e. The summed E-state index contributed by atoms with van der Waals surface area (Å²) in [5, 5.41) is 2.46. The van der Waals surface area contributed by atoms with Crippen LogP contribution in [0.2, 0.25) is 0 Å². The number of Topliss-reactive ketones (excluding diaryl/α,β-unsaturated/α-hetero) is 1. The molecule has 0 aromatic heterocycles. The fourth-order valence-electron chi connectivity index (χ4n) is 0.785. The summed E-state index contributed by atoms with van der Waals surface area (Å²) in [6, 6.07) is 7.05. The normalized spacial score (nSPS) is 9.38. The molecule has 1 amide bonds. The molecule has 0 spiro atoms. The monoisotopic (exact) mass is 241 g/mol. The van der Waals surface area contributed by atoms with Crippen LogP contribution in [0.25, 0.3) is 0 Å². The lowest BCUT2D eigenvalue weighted by atomic mass is 10.3. The van der Waals surface area contributed by atoms with Crippen LogP contribution >= 0.6 is 15.9 Å². The van der Waals surface area contributed by atoms with E-state index >= 15 is 0 Å². The summed E-state index contributed by atoms with van der Waals surface area (Å²) in [6.07, 6.45) is 0. The van der Waals surface area contributed by atoms with Crippen molar-refractivity contribution in [1.29, 1.82) is 0 Å². The fraction of sp³-hybridized carbons (Fsp3) is 0.111. The maximum absolute atomic E-state index is 10.9. The van der Waals surface area contributed by atoms with Gasteiger partial charge in [-0.05, 0) is 18.2 Å². The van der Waals surface area contributed by atoms with Gasteiger partial charge in [0.1, 0.15) is 0 Å². The molecule has 0 saturated heterocycles. The van der Waals surface area contributed by atoms with Gasteiger partial charge in [-0.2, -0.15) is 0 Å². The summed E-state index contributed by atoms with van der Waals surface area (Å²) >= 11 is 3.25. The first-order valence-corrected chi connectivity index (χ1v) is 4.46. The van der Waals surface area contributed by atoms with Crippen molar-refractivity contribution in [3.63, 3.8) is 0 Å². The predicted molar refractivity (Wildman–Crippen MR) is 53.5 cm³/mol. The smallest absolute Gasteiger partial charge is 0.291 e. The Labute approximate surface area is 84.3 Å². The SMILES string of the molecule is CC(=O)C(=O)Nc1cccc(Br)c1. The van der Waals surface area contributed by atoms with E-state index in [2.05, 4.69) is 21.2 Å². The molecule has 68 valence electrons. The Morgan fingerprint density at radius 3 is 2.62 bits per heavy atom. The van der Waals surface area contributed by atoms with Crippen molar-refractivity contribution >= 4 is 33.3 Å². The summed E-state index contributed by atoms with van der Waals surface area (Å²) in [5.74, 6) is -1.10. The number of ketones is 1. The van der Waals surface area contributed by atoms with Crippen molar-refractivity contribution < 1.29 is 9.59 Å². The first kappa shape index (κ1) is 9.92. The lowest BCUT2D eigenvalue weighted by molar-refractivity contribution is -0.133. The van der Waals surface area contributed by atoms with Gasteiger partial charge in [0.05, 0.1) is 0 Å². The van der Waals surface area contributed by atoms with Gasteiger partial charge in [-0.15, -0.1) is 0 Å². The van der Waals surface area contributed by atoms with Crippen molar-refractivity contribution in [2.75, 3.05) is 5.32 Å². The van der Waals surface area contributed by atoms with Crippen molar-refractivity contribution in [3.8, 4) is 0 Å². The largest absolute Gasteiger partial charge is 0.319 e. The Morgan fingerprint density at radius 1 is 1.38 bits per heavy atom. The van der Waals surface area contributed by atoms with E-state index in [4.69, 9.17) is 0 Å². The van der Waals surface area contributed by atoms with Crippen molar-refractivity contribution in [2.24, 2.45) is 0 Å². The molecular formula is C9H8BrNO2. The number of hydrogen-bond donors (Lipinski definition) is 1. The fourth-order valence-corrected chi connectivity index (χ4v) is 1.18. The Bertz CT molecular complexity index is 349. The van der Waals surface area contributed by atoms with Gasteiger partial charge in [0, 0.05) is 17.1 Å². The van der Waals surface area contributed by atoms with E-state index in [9.17, 15) is 9.59 Å².